The smallest absolute Gasteiger partial charge is 0.267 e. The summed E-state index contributed by atoms with van der Waals surface area (Å²) in [7, 11) is 0. The number of amides is 1. The van der Waals surface area contributed by atoms with Crippen molar-refractivity contribution in [2.45, 2.75) is 19.9 Å². The molecule has 0 radical (unpaired) electrons. The summed E-state index contributed by atoms with van der Waals surface area (Å²) in [4.78, 5) is 14.3. The van der Waals surface area contributed by atoms with Gasteiger partial charge in [-0.3, -0.25) is 4.79 Å². The number of rotatable bonds is 3. The highest BCUT2D eigenvalue weighted by Gasteiger charge is 2.16. The molecule has 1 N–H and O–H groups in total. The standard InChI is InChI=1S/C20H19N3O/c1-15-6-8-19(9-7-15)22-20(24)18(12-21)14-23-11-10-16-4-2-3-5-17(16)13-23/h2-9,14H,10-11,13H2,1H3,(H,22,24)/b18-14-. The lowest BCUT2D eigenvalue weighted by atomic mass is 10.0. The van der Waals surface area contributed by atoms with Gasteiger partial charge >= 0.3 is 0 Å². The fourth-order valence-electron chi connectivity index (χ4n) is 2.78. The SMILES string of the molecule is Cc1ccc(NC(=O)/C(C#N)=C\N2CCc3ccccc3C2)cc1. The number of anilines is 1. The van der Waals surface area contributed by atoms with Crippen molar-refractivity contribution in [3.8, 4) is 6.07 Å². The molecular formula is C20H19N3O. The summed E-state index contributed by atoms with van der Waals surface area (Å²) < 4.78 is 0. The molecule has 120 valence electrons. The van der Waals surface area contributed by atoms with Gasteiger partial charge in [-0.15, -0.1) is 0 Å². The van der Waals surface area contributed by atoms with Gasteiger partial charge < -0.3 is 10.2 Å². The third-order valence-corrected chi connectivity index (χ3v) is 4.15. The zero-order valence-corrected chi connectivity index (χ0v) is 13.6. The van der Waals surface area contributed by atoms with E-state index in [9.17, 15) is 10.1 Å². The zero-order valence-electron chi connectivity index (χ0n) is 13.6. The number of benzene rings is 2. The van der Waals surface area contributed by atoms with Crippen LogP contribution in [0.2, 0.25) is 0 Å². The largest absolute Gasteiger partial charge is 0.371 e. The molecule has 0 aromatic heterocycles. The molecule has 3 rings (SSSR count). The molecule has 4 nitrogen and oxygen atoms in total. The van der Waals surface area contributed by atoms with Crippen LogP contribution in [0.5, 0.6) is 0 Å². The molecule has 0 spiro atoms. The van der Waals surface area contributed by atoms with Gasteiger partial charge in [0, 0.05) is 25.0 Å². The summed E-state index contributed by atoms with van der Waals surface area (Å²) in [6, 6.07) is 17.8. The van der Waals surface area contributed by atoms with Crippen LogP contribution in [-0.2, 0) is 17.8 Å². The number of carbonyl (C=O) groups is 1. The topological polar surface area (TPSA) is 56.1 Å². The first-order valence-corrected chi connectivity index (χ1v) is 7.96. The number of hydrogen-bond donors (Lipinski definition) is 1. The summed E-state index contributed by atoms with van der Waals surface area (Å²) in [5, 5.41) is 12.1. The summed E-state index contributed by atoms with van der Waals surface area (Å²) >= 11 is 0. The van der Waals surface area contributed by atoms with Gasteiger partial charge in [0.2, 0.25) is 0 Å². The van der Waals surface area contributed by atoms with Gasteiger partial charge in [0.25, 0.3) is 5.91 Å². The maximum atomic E-state index is 12.3. The van der Waals surface area contributed by atoms with Gasteiger partial charge in [-0.05, 0) is 36.6 Å². The molecule has 4 heteroatoms. The lowest BCUT2D eigenvalue weighted by molar-refractivity contribution is -0.112. The summed E-state index contributed by atoms with van der Waals surface area (Å²) in [5.74, 6) is -0.375. The Balaban J connectivity index is 1.72. The molecule has 0 bridgehead atoms. The first-order chi connectivity index (χ1) is 11.7. The third kappa shape index (κ3) is 3.64. The predicted molar refractivity (Wildman–Crippen MR) is 94.1 cm³/mol. The second kappa shape index (κ2) is 7.01. The Morgan fingerprint density at radius 2 is 1.88 bits per heavy atom. The Kier molecular flexibility index (Phi) is 4.62. The Morgan fingerprint density at radius 1 is 1.17 bits per heavy atom. The molecule has 24 heavy (non-hydrogen) atoms. The van der Waals surface area contributed by atoms with Crippen molar-refractivity contribution >= 4 is 11.6 Å². The number of aryl methyl sites for hydroxylation is 1. The van der Waals surface area contributed by atoms with Gasteiger partial charge in [0.15, 0.2) is 0 Å². The molecule has 0 saturated heterocycles. The fourth-order valence-corrected chi connectivity index (χ4v) is 2.78. The number of carbonyl (C=O) groups excluding carboxylic acids is 1. The van der Waals surface area contributed by atoms with Crippen molar-refractivity contribution in [1.29, 1.82) is 5.26 Å². The van der Waals surface area contributed by atoms with Crippen LogP contribution in [0, 0.1) is 18.3 Å². The first kappa shape index (κ1) is 15.8. The van der Waals surface area contributed by atoms with Crippen LogP contribution < -0.4 is 5.32 Å². The van der Waals surface area contributed by atoms with Crippen LogP contribution in [0.3, 0.4) is 0 Å². The molecule has 0 unspecified atom stereocenters. The van der Waals surface area contributed by atoms with Crippen LogP contribution >= 0.6 is 0 Å². The van der Waals surface area contributed by atoms with Gasteiger partial charge in [-0.1, -0.05) is 42.0 Å². The normalized spacial score (nSPS) is 13.8. The van der Waals surface area contributed by atoms with Crippen molar-refractivity contribution < 1.29 is 4.79 Å². The highest BCUT2D eigenvalue weighted by Crippen LogP contribution is 2.19. The number of fused-ring (bicyclic) bond motifs is 1. The molecule has 0 atom stereocenters. The van der Waals surface area contributed by atoms with Crippen LogP contribution in [0.15, 0.2) is 60.3 Å². The fraction of sp³-hybridized carbons (Fsp3) is 0.200. The van der Waals surface area contributed by atoms with Gasteiger partial charge in [-0.2, -0.15) is 5.26 Å². The van der Waals surface area contributed by atoms with Crippen molar-refractivity contribution in [1.82, 2.24) is 4.90 Å². The summed E-state index contributed by atoms with van der Waals surface area (Å²) in [5.41, 5.74) is 4.52. The van der Waals surface area contributed by atoms with E-state index in [1.165, 1.54) is 11.1 Å². The van der Waals surface area contributed by atoms with Crippen LogP contribution in [0.25, 0.3) is 0 Å². The maximum Gasteiger partial charge on any atom is 0.267 e. The molecule has 1 heterocycles. The predicted octanol–water partition coefficient (Wildman–Crippen LogP) is 3.40. The van der Waals surface area contributed by atoms with E-state index in [0.29, 0.717) is 5.69 Å². The van der Waals surface area contributed by atoms with Crippen LogP contribution in [0.4, 0.5) is 5.69 Å². The summed E-state index contributed by atoms with van der Waals surface area (Å²) in [6.07, 6.45) is 2.59. The average Bonchev–Trinajstić information content (AvgIpc) is 2.61. The monoisotopic (exact) mass is 317 g/mol. The van der Waals surface area contributed by atoms with E-state index in [2.05, 4.69) is 17.4 Å². The second-order valence-corrected chi connectivity index (χ2v) is 5.96. The summed E-state index contributed by atoms with van der Waals surface area (Å²) in [6.45, 7) is 3.51. The molecule has 2 aromatic rings. The number of nitrogens with zero attached hydrogens (tertiary/aromatic N) is 2. The third-order valence-electron chi connectivity index (χ3n) is 4.15. The van der Waals surface area contributed by atoms with E-state index >= 15 is 0 Å². The minimum Gasteiger partial charge on any atom is -0.371 e. The van der Waals surface area contributed by atoms with E-state index in [1.54, 1.807) is 6.20 Å². The average molecular weight is 317 g/mol. The van der Waals surface area contributed by atoms with Gasteiger partial charge in [0.1, 0.15) is 11.6 Å². The van der Waals surface area contributed by atoms with Crippen LogP contribution in [0.1, 0.15) is 16.7 Å². The molecule has 0 fully saturated rings. The van der Waals surface area contributed by atoms with E-state index in [1.807, 2.05) is 54.3 Å². The van der Waals surface area contributed by atoms with E-state index in [-0.39, 0.29) is 11.5 Å². The molecule has 2 aromatic carbocycles. The first-order valence-electron chi connectivity index (χ1n) is 7.96. The van der Waals surface area contributed by atoms with Gasteiger partial charge in [0.05, 0.1) is 0 Å². The molecule has 1 amide bonds. The quantitative estimate of drug-likeness (QED) is 0.697. The van der Waals surface area contributed by atoms with E-state index in [0.717, 1.165) is 25.1 Å². The Labute approximate surface area is 142 Å². The molecular weight excluding hydrogens is 298 g/mol. The minimum atomic E-state index is -0.375. The Bertz CT molecular complexity index is 816. The lowest BCUT2D eigenvalue weighted by Gasteiger charge is -2.27. The van der Waals surface area contributed by atoms with Gasteiger partial charge in [-0.25, -0.2) is 0 Å². The number of hydrogen-bond acceptors (Lipinski definition) is 3. The molecule has 1 aliphatic rings. The maximum absolute atomic E-state index is 12.3. The van der Waals surface area contributed by atoms with Crippen molar-refractivity contribution in [2.24, 2.45) is 0 Å². The Hall–Kier alpha value is -3.06. The minimum absolute atomic E-state index is 0.120. The molecule has 0 aliphatic carbocycles. The van der Waals surface area contributed by atoms with E-state index < -0.39 is 0 Å². The number of nitriles is 1. The lowest BCUT2D eigenvalue weighted by Crippen LogP contribution is -2.27. The molecule has 1 aliphatic heterocycles. The Morgan fingerprint density at radius 3 is 2.58 bits per heavy atom. The number of nitrogens with one attached hydrogen (secondary N) is 1. The highest BCUT2D eigenvalue weighted by molar-refractivity contribution is 6.06. The molecule has 0 saturated carbocycles. The second-order valence-electron chi connectivity index (χ2n) is 5.96. The highest BCUT2D eigenvalue weighted by atomic mass is 16.1. The van der Waals surface area contributed by atoms with E-state index in [4.69, 9.17) is 0 Å². The van der Waals surface area contributed by atoms with Crippen LogP contribution in [-0.4, -0.2) is 17.4 Å². The van der Waals surface area contributed by atoms with Crippen molar-refractivity contribution in [3.05, 3.63) is 77.0 Å². The van der Waals surface area contributed by atoms with Crippen molar-refractivity contribution in [3.63, 3.8) is 0 Å². The zero-order chi connectivity index (χ0) is 16.9. The van der Waals surface area contributed by atoms with Crippen molar-refractivity contribution in [2.75, 3.05) is 11.9 Å².